The molecule has 162 valence electrons. The first-order valence-electron chi connectivity index (χ1n) is 10.2. The maximum Gasteiger partial charge on any atom is 0.329 e. The molecule has 0 bridgehead atoms. The third-order valence-corrected chi connectivity index (χ3v) is 6.60. The third-order valence-electron chi connectivity index (χ3n) is 6.27. The van der Waals surface area contributed by atoms with Gasteiger partial charge in [-0.15, -0.1) is 0 Å². The molecule has 4 rings (SSSR count). The zero-order valence-electron chi connectivity index (χ0n) is 18.0. The minimum absolute atomic E-state index is 0.0198. The van der Waals surface area contributed by atoms with Crippen LogP contribution in [0.1, 0.15) is 49.8 Å². The molecule has 2 aromatic rings. The van der Waals surface area contributed by atoms with Gasteiger partial charge in [0, 0.05) is 23.3 Å². The van der Waals surface area contributed by atoms with Crippen LogP contribution in [0.2, 0.25) is 5.02 Å². The Morgan fingerprint density at radius 1 is 1.23 bits per heavy atom. The van der Waals surface area contributed by atoms with E-state index in [-0.39, 0.29) is 23.6 Å². The Morgan fingerprint density at radius 3 is 2.58 bits per heavy atom. The molecule has 1 N–H and O–H groups in total. The highest BCUT2D eigenvalue weighted by Crippen LogP contribution is 2.44. The third kappa shape index (κ3) is 3.92. The molecule has 7 heteroatoms. The van der Waals surface area contributed by atoms with Crippen LogP contribution < -0.4 is 10.2 Å². The van der Waals surface area contributed by atoms with Gasteiger partial charge in [0.1, 0.15) is 11.5 Å². The molecule has 0 aliphatic carbocycles. The summed E-state index contributed by atoms with van der Waals surface area (Å²) in [6, 6.07) is 9.13. The van der Waals surface area contributed by atoms with Crippen LogP contribution in [0.15, 0.2) is 42.1 Å². The monoisotopic (exact) mass is 441 g/mol. The van der Waals surface area contributed by atoms with Crippen molar-refractivity contribution in [1.29, 1.82) is 0 Å². The quantitative estimate of drug-likeness (QED) is 0.519. The molecule has 1 fully saturated rings. The van der Waals surface area contributed by atoms with Gasteiger partial charge in [0.05, 0.1) is 6.54 Å². The standard InChI is InChI=1S/C24H25ClFN3O2/c1-14-12-24(2,3)28(4)21-11-19(25)16(9-18(14)21)10-20-22(30)29(23(31)27-20)13-15-5-7-17(26)8-6-15/h5-11,14H,12-13H2,1-4H3,(H,27,31)/b20-10-/t14-/m1/s1. The molecular formula is C24H25ClFN3O2. The summed E-state index contributed by atoms with van der Waals surface area (Å²) in [5, 5.41) is 3.15. The van der Waals surface area contributed by atoms with Crippen LogP contribution in [-0.2, 0) is 11.3 Å². The molecule has 31 heavy (non-hydrogen) atoms. The van der Waals surface area contributed by atoms with E-state index in [4.69, 9.17) is 11.6 Å². The number of hydrogen-bond acceptors (Lipinski definition) is 3. The van der Waals surface area contributed by atoms with Crippen LogP contribution in [0.5, 0.6) is 0 Å². The number of halogens is 2. The molecule has 3 amide bonds. The van der Waals surface area contributed by atoms with Gasteiger partial charge in [0.25, 0.3) is 5.91 Å². The van der Waals surface area contributed by atoms with Crippen molar-refractivity contribution in [3.8, 4) is 0 Å². The number of fused-ring (bicyclic) bond motifs is 1. The molecule has 0 unspecified atom stereocenters. The first-order chi connectivity index (χ1) is 14.6. The van der Waals surface area contributed by atoms with Gasteiger partial charge in [-0.05, 0) is 73.2 Å². The average molecular weight is 442 g/mol. The largest absolute Gasteiger partial charge is 0.369 e. The van der Waals surface area contributed by atoms with Crippen molar-refractivity contribution < 1.29 is 14.0 Å². The predicted molar refractivity (Wildman–Crippen MR) is 120 cm³/mol. The van der Waals surface area contributed by atoms with Gasteiger partial charge in [-0.25, -0.2) is 9.18 Å². The second kappa shape index (κ2) is 7.68. The average Bonchev–Trinajstić information content (AvgIpc) is 2.96. The van der Waals surface area contributed by atoms with Crippen molar-refractivity contribution in [3.05, 3.63) is 69.6 Å². The van der Waals surface area contributed by atoms with Crippen molar-refractivity contribution in [1.82, 2.24) is 10.2 Å². The first kappa shape index (κ1) is 21.4. The molecule has 0 saturated carbocycles. The van der Waals surface area contributed by atoms with E-state index in [1.807, 2.05) is 12.1 Å². The molecule has 1 saturated heterocycles. The fourth-order valence-corrected chi connectivity index (χ4v) is 4.57. The van der Waals surface area contributed by atoms with Gasteiger partial charge in [-0.1, -0.05) is 30.7 Å². The van der Waals surface area contributed by atoms with Gasteiger partial charge in [0.2, 0.25) is 0 Å². The zero-order valence-corrected chi connectivity index (χ0v) is 18.8. The lowest BCUT2D eigenvalue weighted by molar-refractivity contribution is -0.123. The zero-order chi connectivity index (χ0) is 22.5. The van der Waals surface area contributed by atoms with E-state index in [2.05, 4.69) is 38.0 Å². The van der Waals surface area contributed by atoms with Crippen LogP contribution in [0.3, 0.4) is 0 Å². The number of imide groups is 1. The number of rotatable bonds is 3. The molecule has 0 aromatic heterocycles. The topological polar surface area (TPSA) is 52.7 Å². The minimum Gasteiger partial charge on any atom is -0.369 e. The molecule has 2 aliphatic rings. The fraction of sp³-hybridized carbons (Fsp3) is 0.333. The van der Waals surface area contributed by atoms with Crippen LogP contribution >= 0.6 is 11.6 Å². The van der Waals surface area contributed by atoms with Crippen LogP contribution in [0, 0.1) is 5.82 Å². The first-order valence-corrected chi connectivity index (χ1v) is 10.6. The van der Waals surface area contributed by atoms with Gasteiger partial charge in [-0.3, -0.25) is 9.69 Å². The smallest absolute Gasteiger partial charge is 0.329 e. The summed E-state index contributed by atoms with van der Waals surface area (Å²) in [5.41, 5.74) is 3.79. The highest BCUT2D eigenvalue weighted by molar-refractivity contribution is 6.32. The van der Waals surface area contributed by atoms with Crippen LogP contribution in [0.25, 0.3) is 6.08 Å². The lowest BCUT2D eigenvalue weighted by Gasteiger charge is -2.45. The van der Waals surface area contributed by atoms with Crippen molar-refractivity contribution in [2.24, 2.45) is 0 Å². The Kier molecular flexibility index (Phi) is 5.30. The number of carbonyl (C=O) groups is 2. The summed E-state index contributed by atoms with van der Waals surface area (Å²) >= 11 is 6.57. The van der Waals surface area contributed by atoms with Crippen molar-refractivity contribution in [2.75, 3.05) is 11.9 Å². The van der Waals surface area contributed by atoms with E-state index in [9.17, 15) is 14.0 Å². The fourth-order valence-electron chi connectivity index (χ4n) is 4.36. The summed E-state index contributed by atoms with van der Waals surface area (Å²) in [4.78, 5) is 28.6. The lowest BCUT2D eigenvalue weighted by atomic mass is 9.80. The molecule has 5 nitrogen and oxygen atoms in total. The van der Waals surface area contributed by atoms with Crippen LogP contribution in [-0.4, -0.2) is 29.4 Å². The maximum atomic E-state index is 13.1. The highest BCUT2D eigenvalue weighted by atomic mass is 35.5. The summed E-state index contributed by atoms with van der Waals surface area (Å²) in [7, 11) is 2.06. The second-order valence-electron chi connectivity index (χ2n) is 8.92. The highest BCUT2D eigenvalue weighted by Gasteiger charge is 2.36. The van der Waals surface area contributed by atoms with Crippen molar-refractivity contribution in [2.45, 2.75) is 45.2 Å². The van der Waals surface area contributed by atoms with E-state index >= 15 is 0 Å². The number of anilines is 1. The number of carbonyl (C=O) groups excluding carboxylic acids is 2. The maximum absolute atomic E-state index is 13.1. The number of amides is 3. The van der Waals surface area contributed by atoms with Crippen LogP contribution in [0.4, 0.5) is 14.9 Å². The van der Waals surface area contributed by atoms with E-state index in [1.54, 1.807) is 18.2 Å². The summed E-state index contributed by atoms with van der Waals surface area (Å²) < 4.78 is 13.1. The Labute approximate surface area is 186 Å². The molecule has 0 radical (unpaired) electrons. The predicted octanol–water partition coefficient (Wildman–Crippen LogP) is 5.29. The Morgan fingerprint density at radius 2 is 1.90 bits per heavy atom. The van der Waals surface area contributed by atoms with Gasteiger partial charge in [-0.2, -0.15) is 0 Å². The number of nitrogens with one attached hydrogen (secondary N) is 1. The Balaban J connectivity index is 1.63. The van der Waals surface area contributed by atoms with E-state index < -0.39 is 11.9 Å². The lowest BCUT2D eigenvalue weighted by Crippen LogP contribution is -2.45. The number of hydrogen-bond donors (Lipinski definition) is 1. The van der Waals surface area contributed by atoms with Crippen molar-refractivity contribution in [3.63, 3.8) is 0 Å². The molecule has 2 aromatic carbocycles. The van der Waals surface area contributed by atoms with Gasteiger partial charge >= 0.3 is 6.03 Å². The Hall–Kier alpha value is -2.86. The summed E-state index contributed by atoms with van der Waals surface area (Å²) in [6.45, 7) is 6.67. The van der Waals surface area contributed by atoms with Gasteiger partial charge < -0.3 is 10.2 Å². The second-order valence-corrected chi connectivity index (χ2v) is 9.32. The minimum atomic E-state index is -0.510. The number of benzene rings is 2. The van der Waals surface area contributed by atoms with Gasteiger partial charge in [0.15, 0.2) is 0 Å². The SMILES string of the molecule is C[C@@H]1CC(C)(C)N(C)c2cc(Cl)c(/C=C3\NC(=O)N(Cc4ccc(F)cc4)C3=O)cc21. The van der Waals surface area contributed by atoms with E-state index in [0.717, 1.165) is 22.6 Å². The normalized spacial score (nSPS) is 21.5. The van der Waals surface area contributed by atoms with Crippen molar-refractivity contribution >= 4 is 35.3 Å². The number of urea groups is 1. The molecule has 2 aliphatic heterocycles. The molecule has 2 heterocycles. The summed E-state index contributed by atoms with van der Waals surface area (Å²) in [5.74, 6) is -0.472. The van der Waals surface area contributed by atoms with E-state index in [0.29, 0.717) is 22.1 Å². The molecule has 1 atom stereocenters. The molecule has 0 spiro atoms. The summed E-state index contributed by atoms with van der Waals surface area (Å²) in [6.07, 6.45) is 2.62. The van der Waals surface area contributed by atoms with E-state index in [1.165, 1.54) is 12.1 Å². The molecular weight excluding hydrogens is 417 g/mol. The number of nitrogens with zero attached hydrogens (tertiary/aromatic N) is 2. The Bertz CT molecular complexity index is 1090.